The number of esters is 1. The molecular weight excluding hydrogens is 500 g/mol. The molecule has 0 amide bonds. The van der Waals surface area contributed by atoms with Crippen LogP contribution in [0, 0.1) is 6.92 Å². The van der Waals surface area contributed by atoms with Gasteiger partial charge in [-0.05, 0) is 57.9 Å². The Morgan fingerprint density at radius 2 is 1.87 bits per heavy atom. The van der Waals surface area contributed by atoms with E-state index < -0.39 is 0 Å². The van der Waals surface area contributed by atoms with Gasteiger partial charge in [0.25, 0.3) is 0 Å². The van der Waals surface area contributed by atoms with E-state index in [1.54, 1.807) is 6.92 Å². The van der Waals surface area contributed by atoms with Gasteiger partial charge in [-0.3, -0.25) is 5.32 Å². The number of carbonyl (C=O) groups excluding carboxylic acids is 1. The minimum Gasteiger partial charge on any atom is -0.462 e. The lowest BCUT2D eigenvalue weighted by molar-refractivity contribution is 0.0531. The van der Waals surface area contributed by atoms with Crippen molar-refractivity contribution in [3.8, 4) is 0 Å². The Morgan fingerprint density at radius 3 is 2.63 bits per heavy atom. The molecule has 0 bridgehead atoms. The maximum atomic E-state index is 12.3. The van der Waals surface area contributed by atoms with Crippen LogP contribution < -0.4 is 15.1 Å². The molecule has 4 heterocycles. The van der Waals surface area contributed by atoms with Crippen LogP contribution in [0.15, 0.2) is 30.3 Å². The zero-order chi connectivity index (χ0) is 26.5. The van der Waals surface area contributed by atoms with E-state index in [-0.39, 0.29) is 12.1 Å². The van der Waals surface area contributed by atoms with Crippen molar-refractivity contribution in [1.29, 1.82) is 0 Å². The lowest BCUT2D eigenvalue weighted by Crippen LogP contribution is -2.37. The highest BCUT2D eigenvalue weighted by Crippen LogP contribution is 2.35. The number of nitrogens with one attached hydrogen (secondary N) is 1. The third-order valence-corrected chi connectivity index (χ3v) is 8.17. The van der Waals surface area contributed by atoms with Gasteiger partial charge in [0.1, 0.15) is 16.5 Å². The highest BCUT2D eigenvalue weighted by Gasteiger charge is 2.28. The fourth-order valence-electron chi connectivity index (χ4n) is 5.11. The fourth-order valence-corrected chi connectivity index (χ4v) is 5.96. The molecule has 0 aliphatic carbocycles. The maximum absolute atomic E-state index is 12.3. The van der Waals surface area contributed by atoms with Crippen LogP contribution in [0.5, 0.6) is 0 Å². The summed E-state index contributed by atoms with van der Waals surface area (Å²) in [6.45, 7) is 7.25. The summed E-state index contributed by atoms with van der Waals surface area (Å²) < 4.78 is 5.18. The second-order valence-corrected chi connectivity index (χ2v) is 10.8. The molecule has 38 heavy (non-hydrogen) atoms. The van der Waals surface area contributed by atoms with Gasteiger partial charge in [-0.2, -0.15) is 9.97 Å². The summed E-state index contributed by atoms with van der Waals surface area (Å²) in [7, 11) is 0. The molecule has 2 N–H and O–H groups in total. The number of ether oxygens (including phenoxy) is 1. The van der Waals surface area contributed by atoms with Crippen molar-refractivity contribution in [3.05, 3.63) is 52.0 Å². The minimum atomic E-state index is -0.363. The number of aryl methyl sites for hydroxylation is 1. The number of hydrogen-bond acceptors (Lipinski definition) is 10. The molecule has 9 nitrogen and oxygen atoms in total. The Morgan fingerprint density at radius 1 is 1.11 bits per heavy atom. The van der Waals surface area contributed by atoms with Gasteiger partial charge in [-0.1, -0.05) is 41.7 Å². The standard InChI is InChI=1S/C28H36N6O3S/c1-3-37-26(36)23-19(2)29-28(38-23)32-27-30-24-22(25(31-27)34-17-13-21(35)14-18-34)11-7-8-15-33(24)16-12-20-9-5-4-6-10-20/h4-6,9-10,21,35H,3,7-8,11-18H2,1-2H3,(H,29,30,31,32). The van der Waals surface area contributed by atoms with E-state index in [0.29, 0.717) is 28.3 Å². The summed E-state index contributed by atoms with van der Waals surface area (Å²) >= 11 is 1.26. The summed E-state index contributed by atoms with van der Waals surface area (Å²) in [5.41, 5.74) is 3.11. The Hall–Kier alpha value is -3.24. The first-order valence-corrected chi connectivity index (χ1v) is 14.4. The van der Waals surface area contributed by atoms with Crippen molar-refractivity contribution in [3.63, 3.8) is 0 Å². The molecule has 10 heteroatoms. The summed E-state index contributed by atoms with van der Waals surface area (Å²) in [6, 6.07) is 10.5. The Kier molecular flexibility index (Phi) is 8.38. The number of aliphatic hydroxyl groups excluding tert-OH is 1. The molecular formula is C28H36N6O3S. The van der Waals surface area contributed by atoms with Crippen LogP contribution in [0.1, 0.15) is 59.1 Å². The third-order valence-electron chi connectivity index (χ3n) is 7.12. The van der Waals surface area contributed by atoms with Crippen molar-refractivity contribution in [1.82, 2.24) is 15.0 Å². The van der Waals surface area contributed by atoms with E-state index in [4.69, 9.17) is 14.7 Å². The quantitative estimate of drug-likeness (QED) is 0.403. The zero-order valence-electron chi connectivity index (χ0n) is 22.2. The average molecular weight is 537 g/mol. The number of aliphatic hydroxyl groups is 1. The van der Waals surface area contributed by atoms with E-state index in [9.17, 15) is 9.90 Å². The van der Waals surface area contributed by atoms with Gasteiger partial charge < -0.3 is 19.6 Å². The van der Waals surface area contributed by atoms with Gasteiger partial charge in [-0.15, -0.1) is 0 Å². The summed E-state index contributed by atoms with van der Waals surface area (Å²) in [4.78, 5) is 32.1. The predicted molar refractivity (Wildman–Crippen MR) is 151 cm³/mol. The molecule has 1 aromatic carbocycles. The number of fused-ring (bicyclic) bond motifs is 1. The normalized spacial score (nSPS) is 16.2. The average Bonchev–Trinajstić information content (AvgIpc) is 3.16. The maximum Gasteiger partial charge on any atom is 0.350 e. The molecule has 0 unspecified atom stereocenters. The highest BCUT2D eigenvalue weighted by atomic mass is 32.1. The van der Waals surface area contributed by atoms with Crippen LogP contribution in [-0.2, 0) is 17.6 Å². The van der Waals surface area contributed by atoms with E-state index in [1.807, 2.05) is 13.0 Å². The second-order valence-electron chi connectivity index (χ2n) is 9.85. The van der Waals surface area contributed by atoms with Crippen molar-refractivity contribution < 1.29 is 14.6 Å². The second kappa shape index (κ2) is 12.1. The number of anilines is 4. The van der Waals surface area contributed by atoms with Gasteiger partial charge in [0.2, 0.25) is 5.95 Å². The summed E-state index contributed by atoms with van der Waals surface area (Å²) in [6.07, 6.45) is 5.25. The number of rotatable bonds is 8. The molecule has 2 aliphatic heterocycles. The number of carbonyl (C=O) groups is 1. The Balaban J connectivity index is 1.48. The smallest absolute Gasteiger partial charge is 0.350 e. The lowest BCUT2D eigenvalue weighted by Gasteiger charge is -2.33. The van der Waals surface area contributed by atoms with Crippen molar-refractivity contribution in [2.45, 2.75) is 58.5 Å². The number of benzene rings is 1. The van der Waals surface area contributed by atoms with Crippen LogP contribution in [-0.4, -0.2) is 64.9 Å². The summed E-state index contributed by atoms with van der Waals surface area (Å²) in [5, 5.41) is 14.0. The first-order chi connectivity index (χ1) is 18.5. The number of nitrogens with zero attached hydrogens (tertiary/aromatic N) is 5. The van der Waals surface area contributed by atoms with Gasteiger partial charge in [-0.25, -0.2) is 9.78 Å². The SMILES string of the molecule is CCOC(=O)c1sc(Nc2nc3c(c(N4CCC(O)CC4)n2)CCCCN3CCc2ccccc2)nc1C. The lowest BCUT2D eigenvalue weighted by atomic mass is 10.1. The Labute approximate surface area is 227 Å². The number of piperidine rings is 1. The van der Waals surface area contributed by atoms with Gasteiger partial charge in [0.05, 0.1) is 18.4 Å². The molecule has 0 saturated carbocycles. The number of aromatic nitrogens is 3. The van der Waals surface area contributed by atoms with E-state index in [1.165, 1.54) is 22.5 Å². The molecule has 0 spiro atoms. The molecule has 0 atom stereocenters. The molecule has 3 aromatic rings. The largest absolute Gasteiger partial charge is 0.462 e. The van der Waals surface area contributed by atoms with E-state index in [0.717, 1.165) is 76.3 Å². The zero-order valence-corrected chi connectivity index (χ0v) is 23.0. The molecule has 2 aliphatic rings. The van der Waals surface area contributed by atoms with Crippen LogP contribution in [0.2, 0.25) is 0 Å². The summed E-state index contributed by atoms with van der Waals surface area (Å²) in [5.74, 6) is 2.02. The third kappa shape index (κ3) is 6.07. The van der Waals surface area contributed by atoms with Gasteiger partial charge in [0.15, 0.2) is 5.13 Å². The van der Waals surface area contributed by atoms with E-state index >= 15 is 0 Å². The van der Waals surface area contributed by atoms with Crippen molar-refractivity contribution in [2.75, 3.05) is 47.9 Å². The van der Waals surface area contributed by atoms with Crippen LogP contribution in [0.4, 0.5) is 22.7 Å². The fraction of sp³-hybridized carbons (Fsp3) is 0.500. The first-order valence-electron chi connectivity index (χ1n) is 13.6. The van der Waals surface area contributed by atoms with Crippen molar-refractivity contribution in [2.24, 2.45) is 0 Å². The van der Waals surface area contributed by atoms with Crippen LogP contribution in [0.25, 0.3) is 0 Å². The highest BCUT2D eigenvalue weighted by molar-refractivity contribution is 7.17. The van der Waals surface area contributed by atoms with Crippen molar-refractivity contribution >= 4 is 40.0 Å². The monoisotopic (exact) mass is 536 g/mol. The molecule has 0 radical (unpaired) electrons. The molecule has 2 aromatic heterocycles. The number of hydrogen-bond donors (Lipinski definition) is 2. The first kappa shape index (κ1) is 26.4. The van der Waals surface area contributed by atoms with Crippen LogP contribution >= 0.6 is 11.3 Å². The predicted octanol–water partition coefficient (Wildman–Crippen LogP) is 4.51. The Bertz CT molecular complexity index is 1240. The molecule has 1 fully saturated rings. The van der Waals surface area contributed by atoms with Gasteiger partial charge in [0, 0.05) is 31.7 Å². The molecule has 1 saturated heterocycles. The van der Waals surface area contributed by atoms with Crippen LogP contribution in [0.3, 0.4) is 0 Å². The van der Waals surface area contributed by atoms with Gasteiger partial charge >= 0.3 is 5.97 Å². The number of thiazole rings is 1. The minimum absolute atomic E-state index is 0.258. The molecule has 5 rings (SSSR count). The topological polar surface area (TPSA) is 104 Å². The molecule has 202 valence electrons. The van der Waals surface area contributed by atoms with E-state index in [2.05, 4.69) is 44.4 Å².